The minimum absolute atomic E-state index is 0. The molecule has 2 aromatic rings. The van der Waals surface area contributed by atoms with Crippen LogP contribution in [0.3, 0.4) is 0 Å². The van der Waals surface area contributed by atoms with Gasteiger partial charge in [0.05, 0.1) is 11.7 Å². The second-order valence-electron chi connectivity index (χ2n) is 3.54. The van der Waals surface area contributed by atoms with Crippen LogP contribution in [-0.2, 0) is 10.2 Å². The Balaban J connectivity index is 0.00000200. The fourth-order valence-corrected chi connectivity index (χ4v) is 2.19. The van der Waals surface area contributed by atoms with E-state index < -0.39 is 21.9 Å². The van der Waals surface area contributed by atoms with E-state index in [1.807, 2.05) is 0 Å². The van der Waals surface area contributed by atoms with E-state index in [2.05, 4.69) is 9.97 Å². The SMILES string of the molecule is Nc1ncc(-c2ccn(S(N)(=O)=O)c2C(=O)[O-])cn1.[Na+]. The topological polar surface area (TPSA) is 157 Å². The number of hydrogen-bond acceptors (Lipinski definition) is 7. The molecule has 0 amide bonds. The summed E-state index contributed by atoms with van der Waals surface area (Å²) in [5.41, 5.74) is 5.04. The van der Waals surface area contributed by atoms with Crippen LogP contribution in [0.1, 0.15) is 10.5 Å². The van der Waals surface area contributed by atoms with Crippen LogP contribution in [0.5, 0.6) is 0 Å². The largest absolute Gasteiger partial charge is 1.00 e. The van der Waals surface area contributed by atoms with E-state index >= 15 is 0 Å². The summed E-state index contributed by atoms with van der Waals surface area (Å²) >= 11 is 0. The van der Waals surface area contributed by atoms with Crippen molar-refractivity contribution in [3.8, 4) is 11.1 Å². The molecular formula is C9H8N5NaO4S. The average Bonchev–Trinajstić information content (AvgIpc) is 2.74. The molecule has 0 unspecified atom stereocenters. The normalized spacial score (nSPS) is 10.8. The zero-order chi connectivity index (χ0) is 14.2. The maximum absolute atomic E-state index is 11.3. The molecule has 0 aliphatic carbocycles. The number of carbonyl (C=O) groups is 1. The fraction of sp³-hybridized carbons (Fsp3) is 0. The summed E-state index contributed by atoms with van der Waals surface area (Å²) in [6.45, 7) is 0. The number of nitrogens with zero attached hydrogens (tertiary/aromatic N) is 3. The molecule has 0 aromatic carbocycles. The van der Waals surface area contributed by atoms with Crippen molar-refractivity contribution in [2.75, 3.05) is 5.73 Å². The first-order chi connectivity index (χ1) is 8.80. The summed E-state index contributed by atoms with van der Waals surface area (Å²) < 4.78 is 22.9. The zero-order valence-electron chi connectivity index (χ0n) is 10.3. The molecule has 0 saturated heterocycles. The molecule has 0 atom stereocenters. The Hall–Kier alpha value is -1.46. The monoisotopic (exact) mass is 305 g/mol. The number of carboxylic acids is 1. The van der Waals surface area contributed by atoms with Gasteiger partial charge >= 0.3 is 39.8 Å². The van der Waals surface area contributed by atoms with Crippen LogP contribution in [0.2, 0.25) is 0 Å². The first-order valence-corrected chi connectivity index (χ1v) is 6.35. The van der Waals surface area contributed by atoms with Gasteiger partial charge in [-0.1, -0.05) is 0 Å². The van der Waals surface area contributed by atoms with E-state index in [0.29, 0.717) is 3.97 Å². The molecule has 100 valence electrons. The Morgan fingerprint density at radius 2 is 1.85 bits per heavy atom. The maximum atomic E-state index is 11.3. The standard InChI is InChI=1S/C9H9N5O4S.Na/c10-9-12-3-5(4-13-9)6-1-2-14(19(11,17)18)7(6)8(15)16;/h1-4H,(H,15,16)(H2,10,12,13)(H2,11,17,18);/q;+1/p-1. The minimum Gasteiger partial charge on any atom is -0.543 e. The van der Waals surface area contributed by atoms with Crippen molar-refractivity contribution in [2.24, 2.45) is 5.14 Å². The second-order valence-corrected chi connectivity index (χ2v) is 4.96. The summed E-state index contributed by atoms with van der Waals surface area (Å²) in [5.74, 6) is -1.68. The van der Waals surface area contributed by atoms with Gasteiger partial charge in [-0.15, -0.1) is 0 Å². The van der Waals surface area contributed by atoms with Crippen LogP contribution in [0, 0.1) is 0 Å². The smallest absolute Gasteiger partial charge is 0.543 e. The summed E-state index contributed by atoms with van der Waals surface area (Å²) in [6.07, 6.45) is 3.53. The van der Waals surface area contributed by atoms with Gasteiger partial charge in [-0.3, -0.25) is 0 Å². The Kier molecular flexibility index (Phi) is 4.89. The van der Waals surface area contributed by atoms with Crippen LogP contribution < -0.4 is 45.5 Å². The van der Waals surface area contributed by atoms with Gasteiger partial charge in [0.2, 0.25) is 5.95 Å². The molecule has 4 N–H and O–H groups in total. The van der Waals surface area contributed by atoms with Gasteiger partial charge in [0, 0.05) is 29.7 Å². The van der Waals surface area contributed by atoms with Crippen LogP contribution in [0.4, 0.5) is 5.95 Å². The quantitative estimate of drug-likeness (QED) is 0.537. The molecule has 0 aliphatic heterocycles. The first-order valence-electron chi connectivity index (χ1n) is 4.84. The molecular weight excluding hydrogens is 297 g/mol. The Bertz CT molecular complexity index is 740. The molecule has 0 aliphatic rings. The van der Waals surface area contributed by atoms with Crippen molar-refractivity contribution >= 4 is 22.1 Å². The van der Waals surface area contributed by atoms with Gasteiger partial charge in [0.15, 0.2) is 0 Å². The number of carbonyl (C=O) groups excluding carboxylic acids is 1. The summed E-state index contributed by atoms with van der Waals surface area (Å²) in [7, 11) is -4.24. The predicted molar refractivity (Wildman–Crippen MR) is 62.7 cm³/mol. The van der Waals surface area contributed by atoms with Crippen molar-refractivity contribution in [1.29, 1.82) is 0 Å². The Morgan fingerprint density at radius 3 is 2.30 bits per heavy atom. The van der Waals surface area contributed by atoms with Crippen LogP contribution in [0.25, 0.3) is 11.1 Å². The molecule has 0 spiro atoms. The van der Waals surface area contributed by atoms with Crippen molar-refractivity contribution in [1.82, 2.24) is 13.9 Å². The van der Waals surface area contributed by atoms with E-state index in [4.69, 9.17) is 10.9 Å². The van der Waals surface area contributed by atoms with Gasteiger partial charge in [0.1, 0.15) is 0 Å². The third-order valence-electron chi connectivity index (χ3n) is 2.30. The van der Waals surface area contributed by atoms with E-state index in [-0.39, 0.29) is 46.6 Å². The van der Waals surface area contributed by atoms with Crippen molar-refractivity contribution < 1.29 is 47.9 Å². The van der Waals surface area contributed by atoms with Gasteiger partial charge in [0.25, 0.3) is 0 Å². The van der Waals surface area contributed by atoms with Gasteiger partial charge in [-0.25, -0.2) is 19.1 Å². The number of aromatic nitrogens is 3. The average molecular weight is 305 g/mol. The van der Waals surface area contributed by atoms with Gasteiger partial charge in [-0.05, 0) is 6.07 Å². The predicted octanol–water partition coefficient (Wildman–Crippen LogP) is -5.05. The van der Waals surface area contributed by atoms with Crippen LogP contribution in [-0.4, -0.2) is 28.3 Å². The number of hydrogen-bond donors (Lipinski definition) is 2. The molecule has 2 rings (SSSR count). The number of rotatable bonds is 3. The number of aromatic carboxylic acids is 1. The number of carboxylic acid groups (broad SMARTS) is 1. The molecule has 0 saturated carbocycles. The number of anilines is 1. The summed E-state index contributed by atoms with van der Waals surface area (Å²) in [5, 5.41) is 16.0. The van der Waals surface area contributed by atoms with Gasteiger partial charge < -0.3 is 15.6 Å². The Morgan fingerprint density at radius 1 is 1.30 bits per heavy atom. The number of nitrogen functional groups attached to an aromatic ring is 1. The molecule has 0 radical (unpaired) electrons. The van der Waals surface area contributed by atoms with Crippen molar-refractivity contribution in [3.05, 3.63) is 30.4 Å². The molecule has 0 fully saturated rings. The second kappa shape index (κ2) is 5.89. The maximum Gasteiger partial charge on any atom is 1.00 e. The van der Waals surface area contributed by atoms with E-state index in [1.165, 1.54) is 18.5 Å². The zero-order valence-corrected chi connectivity index (χ0v) is 13.2. The summed E-state index contributed by atoms with van der Waals surface area (Å²) in [4.78, 5) is 18.5. The molecule has 11 heteroatoms. The van der Waals surface area contributed by atoms with E-state index in [9.17, 15) is 18.3 Å². The molecule has 2 heterocycles. The van der Waals surface area contributed by atoms with Crippen molar-refractivity contribution in [2.45, 2.75) is 0 Å². The number of nitrogens with two attached hydrogens (primary N) is 2. The molecule has 0 bridgehead atoms. The molecule has 2 aromatic heterocycles. The summed E-state index contributed by atoms with van der Waals surface area (Å²) in [6, 6.07) is 1.25. The fourth-order valence-electron chi connectivity index (χ4n) is 1.54. The van der Waals surface area contributed by atoms with Crippen LogP contribution >= 0.6 is 0 Å². The molecule has 20 heavy (non-hydrogen) atoms. The Labute approximate surface area is 136 Å². The first kappa shape index (κ1) is 16.6. The van der Waals surface area contributed by atoms with Gasteiger partial charge in [-0.2, -0.15) is 8.42 Å². The van der Waals surface area contributed by atoms with Crippen LogP contribution in [0.15, 0.2) is 24.7 Å². The van der Waals surface area contributed by atoms with E-state index in [1.54, 1.807) is 0 Å². The third-order valence-corrected chi connectivity index (χ3v) is 3.16. The van der Waals surface area contributed by atoms with Crippen molar-refractivity contribution in [3.63, 3.8) is 0 Å². The minimum atomic E-state index is -4.24. The van der Waals surface area contributed by atoms with E-state index in [0.717, 1.165) is 6.20 Å². The molecule has 9 nitrogen and oxygen atoms in total. The third kappa shape index (κ3) is 3.16.